The van der Waals surface area contributed by atoms with Gasteiger partial charge in [-0.25, -0.2) is 9.18 Å². The van der Waals surface area contributed by atoms with Gasteiger partial charge in [0.2, 0.25) is 0 Å². The Kier molecular flexibility index (Phi) is 2.55. The number of benzene rings is 1. The fraction of sp³-hybridized carbons (Fsp3) is 0. The summed E-state index contributed by atoms with van der Waals surface area (Å²) in [6.07, 6.45) is 0.854. The molecule has 0 aliphatic rings. The number of hydrogen-bond acceptors (Lipinski definition) is 3. The van der Waals surface area contributed by atoms with Gasteiger partial charge in [0.15, 0.2) is 0 Å². The second kappa shape index (κ2) is 3.47. The van der Waals surface area contributed by atoms with E-state index in [1.165, 1.54) is 12.1 Å². The number of hydrogen-bond donors (Lipinski definition) is 0. The Balaban J connectivity index is 3.39. The van der Waals surface area contributed by atoms with E-state index in [9.17, 15) is 17.6 Å². The maximum absolute atomic E-state index is 12.8. The van der Waals surface area contributed by atoms with Crippen molar-refractivity contribution in [3.05, 3.63) is 30.1 Å². The van der Waals surface area contributed by atoms with E-state index in [0.717, 1.165) is 18.2 Å². The van der Waals surface area contributed by atoms with Gasteiger partial charge in [0.1, 0.15) is 10.7 Å². The third-order valence-electron chi connectivity index (χ3n) is 1.27. The van der Waals surface area contributed by atoms with E-state index in [1.807, 2.05) is 0 Å². The van der Waals surface area contributed by atoms with Crippen LogP contribution in [0.25, 0.3) is 0 Å². The van der Waals surface area contributed by atoms with E-state index in [-0.39, 0.29) is 0 Å². The highest BCUT2D eigenvalue weighted by Crippen LogP contribution is 2.15. The molecule has 0 aromatic heterocycles. The molecule has 0 bridgehead atoms. The van der Waals surface area contributed by atoms with Crippen LogP contribution in [0.3, 0.4) is 0 Å². The summed E-state index contributed by atoms with van der Waals surface area (Å²) in [7, 11) is -4.21. The molecule has 0 aliphatic carbocycles. The van der Waals surface area contributed by atoms with Crippen molar-refractivity contribution in [1.29, 1.82) is 0 Å². The number of carbonyl (C=O) groups excluding carboxylic acids is 1. The van der Waals surface area contributed by atoms with Gasteiger partial charge in [-0.05, 0) is 12.1 Å². The molecule has 1 aromatic carbocycles. The van der Waals surface area contributed by atoms with E-state index >= 15 is 0 Å². The van der Waals surface area contributed by atoms with Crippen molar-refractivity contribution in [2.45, 2.75) is 4.90 Å². The molecule has 0 radical (unpaired) electrons. The second-order valence-corrected chi connectivity index (χ2v) is 3.66. The van der Waals surface area contributed by atoms with Crippen LogP contribution in [0.5, 0.6) is 0 Å². The molecule has 0 fully saturated rings. The highest BCUT2D eigenvalue weighted by atomic mass is 32.2. The molecule has 1 aromatic rings. The summed E-state index contributed by atoms with van der Waals surface area (Å²) in [4.78, 5) is 9.09. The fourth-order valence-corrected chi connectivity index (χ4v) is 1.51. The molecular formula is C7H4FNO3S. The minimum absolute atomic E-state index is 0.627. The summed E-state index contributed by atoms with van der Waals surface area (Å²) in [5.74, 6) is -0.943. The van der Waals surface area contributed by atoms with Crippen molar-refractivity contribution in [3.8, 4) is 0 Å². The quantitative estimate of drug-likeness (QED) is 0.526. The standard InChI is InChI=1S/C7H4FNO3S/c8-6-3-1-2-4-7(6)13(11,12)9-5-10/h1-4H. The number of isocyanates is 1. The predicted octanol–water partition coefficient (Wildman–Crippen LogP) is 0.850. The Morgan fingerprint density at radius 2 is 1.92 bits per heavy atom. The molecule has 0 heterocycles. The Labute approximate surface area is 73.8 Å². The van der Waals surface area contributed by atoms with Gasteiger partial charge in [0, 0.05) is 0 Å². The Morgan fingerprint density at radius 1 is 1.31 bits per heavy atom. The minimum atomic E-state index is -4.21. The van der Waals surface area contributed by atoms with Crippen LogP contribution in [-0.4, -0.2) is 14.5 Å². The van der Waals surface area contributed by atoms with Gasteiger partial charge in [0.25, 0.3) is 16.1 Å². The van der Waals surface area contributed by atoms with Gasteiger partial charge in [0.05, 0.1) is 0 Å². The van der Waals surface area contributed by atoms with Gasteiger partial charge < -0.3 is 0 Å². The summed E-state index contributed by atoms with van der Waals surface area (Å²) in [6.45, 7) is 0. The third-order valence-corrected chi connectivity index (χ3v) is 2.47. The van der Waals surface area contributed by atoms with E-state index in [0.29, 0.717) is 0 Å². The lowest BCUT2D eigenvalue weighted by Crippen LogP contribution is -1.99. The largest absolute Gasteiger partial charge is 0.295 e. The maximum Gasteiger partial charge on any atom is 0.295 e. The predicted molar refractivity (Wildman–Crippen MR) is 41.7 cm³/mol. The van der Waals surface area contributed by atoms with Crippen LogP contribution in [0, 0.1) is 5.82 Å². The average molecular weight is 201 g/mol. The zero-order valence-corrected chi connectivity index (χ0v) is 7.08. The lowest BCUT2D eigenvalue weighted by atomic mass is 10.4. The molecule has 0 atom stereocenters. The molecule has 68 valence electrons. The van der Waals surface area contributed by atoms with Crippen LogP contribution >= 0.6 is 0 Å². The van der Waals surface area contributed by atoms with Crippen molar-refractivity contribution in [2.24, 2.45) is 4.40 Å². The molecule has 0 saturated carbocycles. The molecule has 0 unspecified atom stereocenters. The van der Waals surface area contributed by atoms with E-state index in [4.69, 9.17) is 0 Å². The van der Waals surface area contributed by atoms with Crippen molar-refractivity contribution in [2.75, 3.05) is 0 Å². The van der Waals surface area contributed by atoms with Crippen LogP contribution in [0.15, 0.2) is 33.6 Å². The molecule has 1 rings (SSSR count). The molecule has 0 aliphatic heterocycles. The number of rotatable bonds is 2. The topological polar surface area (TPSA) is 63.6 Å². The van der Waals surface area contributed by atoms with E-state index < -0.39 is 20.7 Å². The molecule has 0 spiro atoms. The van der Waals surface area contributed by atoms with Gasteiger partial charge in [-0.15, -0.1) is 0 Å². The smallest absolute Gasteiger partial charge is 0.210 e. The number of sulfonamides is 1. The van der Waals surface area contributed by atoms with Gasteiger partial charge in [-0.2, -0.15) is 8.42 Å². The van der Waals surface area contributed by atoms with Crippen LogP contribution in [0.4, 0.5) is 4.39 Å². The van der Waals surface area contributed by atoms with E-state index in [2.05, 4.69) is 4.40 Å². The normalized spacial score (nSPS) is 10.5. The zero-order valence-electron chi connectivity index (χ0n) is 6.27. The lowest BCUT2D eigenvalue weighted by molar-refractivity contribution is 0.559. The highest BCUT2D eigenvalue weighted by Gasteiger charge is 2.16. The van der Waals surface area contributed by atoms with Crippen LogP contribution in [0.1, 0.15) is 0 Å². The molecule has 0 amide bonds. The minimum Gasteiger partial charge on any atom is -0.210 e. The summed E-state index contributed by atoms with van der Waals surface area (Å²) < 4.78 is 37.3. The number of nitrogens with zero attached hydrogens (tertiary/aromatic N) is 1. The SMILES string of the molecule is O=C=NS(=O)(=O)c1ccccc1F. The molecule has 6 heteroatoms. The molecule has 0 saturated heterocycles. The monoisotopic (exact) mass is 201 g/mol. The summed E-state index contributed by atoms with van der Waals surface area (Å²) in [5.41, 5.74) is 0. The third kappa shape index (κ3) is 1.99. The summed E-state index contributed by atoms with van der Waals surface area (Å²) in [6, 6.07) is 4.65. The first kappa shape index (κ1) is 9.57. The Bertz CT molecular complexity index is 462. The van der Waals surface area contributed by atoms with Crippen LogP contribution in [0.2, 0.25) is 0 Å². The van der Waals surface area contributed by atoms with Gasteiger partial charge >= 0.3 is 0 Å². The average Bonchev–Trinajstić information content (AvgIpc) is 2.04. The lowest BCUT2D eigenvalue weighted by Gasteiger charge is -1.96. The first-order valence-corrected chi connectivity index (χ1v) is 4.60. The zero-order chi connectivity index (χ0) is 9.90. The molecule has 13 heavy (non-hydrogen) atoms. The summed E-state index contributed by atoms with van der Waals surface area (Å²) >= 11 is 0. The first-order chi connectivity index (χ1) is 6.08. The number of halogens is 1. The van der Waals surface area contributed by atoms with Crippen molar-refractivity contribution in [3.63, 3.8) is 0 Å². The van der Waals surface area contributed by atoms with Crippen molar-refractivity contribution < 1.29 is 17.6 Å². The molecule has 4 nitrogen and oxygen atoms in total. The van der Waals surface area contributed by atoms with Gasteiger partial charge in [-0.1, -0.05) is 16.5 Å². The second-order valence-electron chi connectivity index (χ2n) is 2.09. The Hall–Kier alpha value is -1.52. The van der Waals surface area contributed by atoms with Crippen LogP contribution in [-0.2, 0) is 14.8 Å². The van der Waals surface area contributed by atoms with Crippen molar-refractivity contribution >= 4 is 16.1 Å². The molecule has 0 N–H and O–H groups in total. The van der Waals surface area contributed by atoms with Crippen LogP contribution < -0.4 is 0 Å². The summed E-state index contributed by atoms with van der Waals surface area (Å²) in [5, 5.41) is 0. The first-order valence-electron chi connectivity index (χ1n) is 3.16. The van der Waals surface area contributed by atoms with Gasteiger partial charge in [-0.3, -0.25) is 0 Å². The highest BCUT2D eigenvalue weighted by molar-refractivity contribution is 7.90. The Morgan fingerprint density at radius 3 is 2.46 bits per heavy atom. The molecular weight excluding hydrogens is 197 g/mol. The van der Waals surface area contributed by atoms with E-state index in [1.54, 1.807) is 0 Å². The fourth-order valence-electron chi connectivity index (χ4n) is 0.752. The van der Waals surface area contributed by atoms with Crippen molar-refractivity contribution in [1.82, 2.24) is 0 Å². The maximum atomic E-state index is 12.8.